The van der Waals surface area contributed by atoms with Crippen LogP contribution in [0, 0.1) is 6.92 Å². The fourth-order valence-electron chi connectivity index (χ4n) is 2.32. The van der Waals surface area contributed by atoms with Gasteiger partial charge in [-0.1, -0.05) is 28.9 Å². The molecule has 0 aliphatic heterocycles. The van der Waals surface area contributed by atoms with Gasteiger partial charge in [-0.2, -0.15) is 0 Å². The Kier molecular flexibility index (Phi) is 5.10. The Labute approximate surface area is 140 Å². The Hall–Kier alpha value is -2.19. The van der Waals surface area contributed by atoms with Crippen LogP contribution in [0.1, 0.15) is 24.6 Å². The molecule has 1 amide bonds. The summed E-state index contributed by atoms with van der Waals surface area (Å²) >= 11 is 0. The monoisotopic (exact) mass is 352 g/mol. The number of rotatable bonds is 6. The van der Waals surface area contributed by atoms with E-state index < -0.39 is 20.5 Å². The number of hydroxylamine groups is 1. The summed E-state index contributed by atoms with van der Waals surface area (Å²) in [6.45, 7) is 3.24. The largest absolute Gasteiger partial charge is 0.356 e. The van der Waals surface area contributed by atoms with E-state index in [0.29, 0.717) is 11.5 Å². The molecule has 1 atom stereocenters. The van der Waals surface area contributed by atoms with Crippen LogP contribution in [0.3, 0.4) is 0 Å². The van der Waals surface area contributed by atoms with E-state index in [9.17, 15) is 13.2 Å². The summed E-state index contributed by atoms with van der Waals surface area (Å²) in [7, 11) is -3.73. The van der Waals surface area contributed by atoms with Crippen LogP contribution in [0.4, 0.5) is 0 Å². The van der Waals surface area contributed by atoms with Gasteiger partial charge in [0.25, 0.3) is 5.91 Å². The lowest BCUT2D eigenvalue weighted by Gasteiger charge is -2.24. The number of aryl methyl sites for hydroxylation is 2. The van der Waals surface area contributed by atoms with E-state index in [0.717, 1.165) is 17.4 Å². The Morgan fingerprint density at radius 1 is 1.38 bits per heavy atom. The third kappa shape index (κ3) is 3.65. The summed E-state index contributed by atoms with van der Waals surface area (Å²) in [4.78, 5) is 11.8. The molecule has 2 aromatic rings. The van der Waals surface area contributed by atoms with Crippen molar-refractivity contribution in [3.05, 3.63) is 41.6 Å². The van der Waals surface area contributed by atoms with Crippen molar-refractivity contribution in [2.75, 3.05) is 6.26 Å². The minimum atomic E-state index is -3.73. The average molecular weight is 352 g/mol. The molecule has 1 unspecified atom stereocenters. The van der Waals surface area contributed by atoms with E-state index in [2.05, 4.69) is 5.16 Å². The van der Waals surface area contributed by atoms with Crippen molar-refractivity contribution >= 4 is 15.7 Å². The highest BCUT2D eigenvalue weighted by Gasteiger charge is 2.43. The van der Waals surface area contributed by atoms with E-state index in [-0.39, 0.29) is 12.8 Å². The Morgan fingerprint density at radius 3 is 2.67 bits per heavy atom. The standard InChI is InChI=1S/C16H20N2O5S/c1-11-5-4-6-12(9-11)14-10-13(18-23-14)7-8-16(2,15(19)17-20)24(3,21)22/h4-6,9-10,20H,7-8H2,1-3H3,(H,17,19). The molecule has 0 aliphatic carbocycles. The molecule has 1 aromatic heterocycles. The van der Waals surface area contributed by atoms with Crippen molar-refractivity contribution in [1.82, 2.24) is 10.6 Å². The van der Waals surface area contributed by atoms with Gasteiger partial charge in [0.1, 0.15) is 4.75 Å². The van der Waals surface area contributed by atoms with Gasteiger partial charge in [-0.05, 0) is 32.8 Å². The number of nitrogens with zero attached hydrogens (tertiary/aromatic N) is 1. The molecule has 2 rings (SSSR count). The molecule has 1 aromatic carbocycles. The fraction of sp³-hybridized carbons (Fsp3) is 0.375. The summed E-state index contributed by atoms with van der Waals surface area (Å²) in [6, 6.07) is 9.42. The molecule has 0 radical (unpaired) electrons. The minimum Gasteiger partial charge on any atom is -0.356 e. The maximum atomic E-state index is 11.9. The molecule has 7 nitrogen and oxygen atoms in total. The number of carbonyl (C=O) groups is 1. The Balaban J connectivity index is 2.19. The molecular weight excluding hydrogens is 332 g/mol. The first-order valence-corrected chi connectivity index (χ1v) is 9.23. The number of hydrogen-bond donors (Lipinski definition) is 2. The summed E-state index contributed by atoms with van der Waals surface area (Å²) in [5.74, 6) is -0.395. The van der Waals surface area contributed by atoms with Gasteiger partial charge >= 0.3 is 0 Å². The molecule has 1 heterocycles. The predicted octanol–water partition coefficient (Wildman–Crippen LogP) is 1.89. The maximum Gasteiger partial charge on any atom is 0.264 e. The molecule has 0 aliphatic rings. The van der Waals surface area contributed by atoms with E-state index in [1.165, 1.54) is 12.4 Å². The second kappa shape index (κ2) is 6.74. The van der Waals surface area contributed by atoms with Crippen molar-refractivity contribution in [3.8, 4) is 11.3 Å². The summed E-state index contributed by atoms with van der Waals surface area (Å²) in [6.07, 6.45) is 1.15. The van der Waals surface area contributed by atoms with Crippen LogP contribution in [-0.4, -0.2) is 35.7 Å². The summed E-state index contributed by atoms with van der Waals surface area (Å²) in [5.41, 5.74) is 3.90. The zero-order valence-electron chi connectivity index (χ0n) is 13.7. The zero-order chi connectivity index (χ0) is 18.0. The smallest absolute Gasteiger partial charge is 0.264 e. The fourth-order valence-corrected chi connectivity index (χ4v) is 3.17. The van der Waals surface area contributed by atoms with Crippen molar-refractivity contribution < 1.29 is 22.9 Å². The van der Waals surface area contributed by atoms with Crippen LogP contribution >= 0.6 is 0 Å². The lowest BCUT2D eigenvalue weighted by Crippen LogP contribution is -2.49. The minimum absolute atomic E-state index is 0.0297. The van der Waals surface area contributed by atoms with Crippen LogP contribution < -0.4 is 5.48 Å². The molecule has 0 saturated heterocycles. The molecule has 2 N–H and O–H groups in total. The number of nitrogens with one attached hydrogen (secondary N) is 1. The van der Waals surface area contributed by atoms with Gasteiger partial charge in [-0.15, -0.1) is 0 Å². The first-order valence-electron chi connectivity index (χ1n) is 7.34. The normalized spacial score (nSPS) is 14.2. The molecule has 0 fully saturated rings. The zero-order valence-corrected chi connectivity index (χ0v) is 14.6. The van der Waals surface area contributed by atoms with Crippen LogP contribution in [0.25, 0.3) is 11.3 Å². The van der Waals surface area contributed by atoms with Crippen LogP contribution in [0.2, 0.25) is 0 Å². The van der Waals surface area contributed by atoms with E-state index in [1.54, 1.807) is 6.07 Å². The first-order chi connectivity index (χ1) is 11.2. The van der Waals surface area contributed by atoms with Gasteiger partial charge in [0.15, 0.2) is 15.6 Å². The SMILES string of the molecule is Cc1cccc(-c2cc(CCC(C)(C(=O)NO)S(C)(=O)=O)no2)c1. The van der Waals surface area contributed by atoms with Crippen molar-refractivity contribution in [2.45, 2.75) is 31.4 Å². The topological polar surface area (TPSA) is 110 Å². The maximum absolute atomic E-state index is 11.9. The highest BCUT2D eigenvalue weighted by atomic mass is 32.2. The number of hydrogen-bond acceptors (Lipinski definition) is 6. The quantitative estimate of drug-likeness (QED) is 0.607. The Morgan fingerprint density at radius 2 is 2.08 bits per heavy atom. The number of aromatic nitrogens is 1. The number of benzene rings is 1. The van der Waals surface area contributed by atoms with E-state index >= 15 is 0 Å². The van der Waals surface area contributed by atoms with E-state index in [4.69, 9.17) is 9.73 Å². The summed E-state index contributed by atoms with van der Waals surface area (Å²) < 4.78 is 27.4. The van der Waals surface area contributed by atoms with E-state index in [1.807, 2.05) is 31.2 Å². The van der Waals surface area contributed by atoms with Crippen LogP contribution in [0.15, 0.2) is 34.9 Å². The lowest BCUT2D eigenvalue weighted by atomic mass is 10.0. The van der Waals surface area contributed by atoms with Gasteiger partial charge in [-0.3, -0.25) is 10.0 Å². The highest BCUT2D eigenvalue weighted by molar-refractivity contribution is 7.92. The molecule has 0 saturated carbocycles. The predicted molar refractivity (Wildman–Crippen MR) is 88.2 cm³/mol. The molecular formula is C16H20N2O5S. The van der Waals surface area contributed by atoms with Gasteiger partial charge in [0.2, 0.25) is 0 Å². The molecule has 0 bridgehead atoms. The average Bonchev–Trinajstić information content (AvgIpc) is 2.99. The van der Waals surface area contributed by atoms with Crippen molar-refractivity contribution in [3.63, 3.8) is 0 Å². The summed E-state index contributed by atoms with van der Waals surface area (Å²) in [5, 5.41) is 12.7. The van der Waals surface area contributed by atoms with Crippen LogP contribution in [-0.2, 0) is 21.1 Å². The van der Waals surface area contributed by atoms with Crippen LogP contribution in [0.5, 0.6) is 0 Å². The molecule has 0 spiro atoms. The highest BCUT2D eigenvalue weighted by Crippen LogP contribution is 2.26. The second-order valence-electron chi connectivity index (χ2n) is 6.00. The first kappa shape index (κ1) is 18.2. The van der Waals surface area contributed by atoms with Gasteiger partial charge in [-0.25, -0.2) is 13.9 Å². The third-order valence-corrected chi connectivity index (χ3v) is 6.15. The third-order valence-electron chi connectivity index (χ3n) is 4.12. The Bertz CT molecular complexity index is 844. The molecule has 130 valence electrons. The lowest BCUT2D eigenvalue weighted by molar-refractivity contribution is -0.131. The van der Waals surface area contributed by atoms with Crippen molar-refractivity contribution in [1.29, 1.82) is 0 Å². The number of amides is 1. The van der Waals surface area contributed by atoms with Gasteiger partial charge in [0.05, 0.1) is 5.69 Å². The van der Waals surface area contributed by atoms with Crippen molar-refractivity contribution in [2.24, 2.45) is 0 Å². The molecule has 8 heteroatoms. The molecule has 24 heavy (non-hydrogen) atoms. The van der Waals surface area contributed by atoms with Gasteiger partial charge in [0, 0.05) is 17.9 Å². The number of sulfone groups is 1. The van der Waals surface area contributed by atoms with Gasteiger partial charge < -0.3 is 4.52 Å². The second-order valence-corrected chi connectivity index (χ2v) is 8.44. The number of carbonyl (C=O) groups excluding carboxylic acids is 1.